The monoisotopic (exact) mass is 254 g/mol. The minimum absolute atomic E-state index is 0.0702. The van der Waals surface area contributed by atoms with E-state index in [0.29, 0.717) is 6.42 Å². The Morgan fingerprint density at radius 2 is 1.67 bits per heavy atom. The molecule has 1 aliphatic carbocycles. The average Bonchev–Trinajstić information content (AvgIpc) is 2.34. The highest BCUT2D eigenvalue weighted by atomic mass is 16.4. The first-order valence-corrected chi connectivity index (χ1v) is 6.77. The first-order valence-electron chi connectivity index (χ1n) is 6.77. The number of rotatable bonds is 6. The third-order valence-electron chi connectivity index (χ3n) is 3.61. The summed E-state index contributed by atoms with van der Waals surface area (Å²) in [5.74, 6) is -2.18. The Kier molecular flexibility index (Phi) is 5.89. The summed E-state index contributed by atoms with van der Waals surface area (Å²) in [6.45, 7) is 1.97. The maximum absolute atomic E-state index is 11.4. The molecule has 0 atom stereocenters. The fourth-order valence-corrected chi connectivity index (χ4v) is 2.65. The predicted molar refractivity (Wildman–Crippen MR) is 68.4 cm³/mol. The van der Waals surface area contributed by atoms with E-state index < -0.39 is 11.9 Å². The van der Waals surface area contributed by atoms with Crippen molar-refractivity contribution >= 4 is 11.9 Å². The fourth-order valence-electron chi connectivity index (χ4n) is 2.65. The molecule has 0 saturated heterocycles. The van der Waals surface area contributed by atoms with Gasteiger partial charge in [-0.15, -0.1) is 0 Å². The molecule has 0 aromatic heterocycles. The third-order valence-corrected chi connectivity index (χ3v) is 3.61. The molecule has 0 spiro atoms. The van der Waals surface area contributed by atoms with E-state index in [1.54, 1.807) is 0 Å². The second-order valence-corrected chi connectivity index (χ2v) is 4.94. The van der Waals surface area contributed by atoms with Gasteiger partial charge in [-0.2, -0.15) is 0 Å². The number of carboxylic acid groups (broad SMARTS) is 2. The molecule has 1 aliphatic rings. The molecule has 18 heavy (non-hydrogen) atoms. The zero-order valence-electron chi connectivity index (χ0n) is 10.9. The van der Waals surface area contributed by atoms with Crippen LogP contribution in [0.4, 0.5) is 0 Å². The van der Waals surface area contributed by atoms with Crippen molar-refractivity contribution in [3.05, 3.63) is 11.1 Å². The number of aliphatic carboxylic acids is 2. The fraction of sp³-hybridized carbons (Fsp3) is 0.714. The lowest BCUT2D eigenvalue weighted by Crippen LogP contribution is -2.21. The predicted octanol–water partition coefficient (Wildman–Crippen LogP) is 3.22. The van der Waals surface area contributed by atoms with Crippen molar-refractivity contribution in [1.82, 2.24) is 0 Å². The van der Waals surface area contributed by atoms with Gasteiger partial charge < -0.3 is 10.2 Å². The summed E-state index contributed by atoms with van der Waals surface area (Å²) in [6, 6.07) is 0. The summed E-state index contributed by atoms with van der Waals surface area (Å²) in [7, 11) is 0. The van der Waals surface area contributed by atoms with Gasteiger partial charge in [-0.1, -0.05) is 32.6 Å². The topological polar surface area (TPSA) is 74.6 Å². The molecule has 0 aliphatic heterocycles. The molecule has 0 bridgehead atoms. The van der Waals surface area contributed by atoms with E-state index in [1.165, 1.54) is 0 Å². The summed E-state index contributed by atoms with van der Waals surface area (Å²) in [6.07, 6.45) is 6.71. The van der Waals surface area contributed by atoms with Crippen LogP contribution in [0.1, 0.15) is 58.3 Å². The second-order valence-electron chi connectivity index (χ2n) is 4.94. The summed E-state index contributed by atoms with van der Waals surface area (Å²) in [5, 5.41) is 18.6. The summed E-state index contributed by atoms with van der Waals surface area (Å²) < 4.78 is 0. The van der Waals surface area contributed by atoms with Crippen molar-refractivity contribution in [2.24, 2.45) is 5.92 Å². The molecule has 102 valence electrons. The van der Waals surface area contributed by atoms with Crippen LogP contribution in [0.2, 0.25) is 0 Å². The zero-order valence-corrected chi connectivity index (χ0v) is 10.9. The van der Waals surface area contributed by atoms with Gasteiger partial charge in [0, 0.05) is 5.57 Å². The Morgan fingerprint density at radius 1 is 1.06 bits per heavy atom. The molecule has 0 amide bonds. The van der Waals surface area contributed by atoms with E-state index in [-0.39, 0.29) is 17.1 Å². The Hall–Kier alpha value is -1.32. The van der Waals surface area contributed by atoms with Crippen LogP contribution in [0.5, 0.6) is 0 Å². The van der Waals surface area contributed by atoms with Crippen LogP contribution in [0.15, 0.2) is 11.1 Å². The second kappa shape index (κ2) is 7.19. The van der Waals surface area contributed by atoms with Crippen LogP contribution in [-0.2, 0) is 9.59 Å². The quantitative estimate of drug-likeness (QED) is 0.714. The minimum atomic E-state index is -1.06. The van der Waals surface area contributed by atoms with Crippen molar-refractivity contribution in [1.29, 1.82) is 0 Å². The average molecular weight is 254 g/mol. The molecule has 0 aromatic carbocycles. The smallest absolute Gasteiger partial charge is 0.332 e. The van der Waals surface area contributed by atoms with Crippen molar-refractivity contribution in [2.75, 3.05) is 0 Å². The lowest BCUT2D eigenvalue weighted by molar-refractivity contribution is -0.136. The third kappa shape index (κ3) is 3.86. The number of unbranched alkanes of at least 4 members (excludes halogenated alkanes) is 1. The zero-order chi connectivity index (χ0) is 13.5. The first kappa shape index (κ1) is 14.7. The van der Waals surface area contributed by atoms with Crippen LogP contribution in [-0.4, -0.2) is 22.2 Å². The van der Waals surface area contributed by atoms with E-state index in [0.717, 1.165) is 44.9 Å². The summed E-state index contributed by atoms with van der Waals surface area (Å²) in [4.78, 5) is 22.7. The van der Waals surface area contributed by atoms with E-state index in [4.69, 9.17) is 0 Å². The largest absolute Gasteiger partial charge is 0.478 e. The molecule has 0 radical (unpaired) electrons. The molecular formula is C14H22O4. The Morgan fingerprint density at radius 3 is 2.11 bits per heavy atom. The number of carbonyl (C=O) groups is 2. The van der Waals surface area contributed by atoms with Crippen LogP contribution < -0.4 is 0 Å². The lowest BCUT2D eigenvalue weighted by atomic mass is 9.81. The molecule has 1 saturated carbocycles. The Bertz CT molecular complexity index is 338. The first-order chi connectivity index (χ1) is 8.57. The van der Waals surface area contributed by atoms with Gasteiger partial charge in [0.05, 0.1) is 5.57 Å². The molecule has 0 heterocycles. The van der Waals surface area contributed by atoms with Gasteiger partial charge in [0.25, 0.3) is 0 Å². The molecule has 2 N–H and O–H groups in total. The van der Waals surface area contributed by atoms with Gasteiger partial charge in [0.1, 0.15) is 0 Å². The molecule has 0 aromatic rings. The minimum Gasteiger partial charge on any atom is -0.478 e. The van der Waals surface area contributed by atoms with Crippen molar-refractivity contribution in [2.45, 2.75) is 58.3 Å². The van der Waals surface area contributed by atoms with Gasteiger partial charge in [-0.05, 0) is 31.6 Å². The summed E-state index contributed by atoms with van der Waals surface area (Å²) >= 11 is 0. The molecule has 4 heteroatoms. The van der Waals surface area contributed by atoms with Crippen molar-refractivity contribution in [3.63, 3.8) is 0 Å². The van der Waals surface area contributed by atoms with Crippen molar-refractivity contribution < 1.29 is 19.8 Å². The van der Waals surface area contributed by atoms with Gasteiger partial charge in [0.2, 0.25) is 0 Å². The van der Waals surface area contributed by atoms with Crippen LogP contribution >= 0.6 is 0 Å². The standard InChI is InChI=1S/C14H22O4/c1-2-3-9-11(13(15)16)12(14(17)18)10-7-5-4-6-8-10/h10H,2-9H2,1H3,(H,15,16)(H,17,18)/b12-11-. The van der Waals surface area contributed by atoms with E-state index in [1.807, 2.05) is 6.92 Å². The molecule has 0 unspecified atom stereocenters. The van der Waals surface area contributed by atoms with Crippen LogP contribution in [0.25, 0.3) is 0 Å². The van der Waals surface area contributed by atoms with Gasteiger partial charge in [-0.3, -0.25) is 0 Å². The van der Waals surface area contributed by atoms with Crippen molar-refractivity contribution in [3.8, 4) is 0 Å². The normalized spacial score (nSPS) is 18.3. The summed E-state index contributed by atoms with van der Waals surface area (Å²) in [5.41, 5.74) is 0.284. The lowest BCUT2D eigenvalue weighted by Gasteiger charge is -2.23. The molecule has 1 rings (SSSR count). The van der Waals surface area contributed by atoms with E-state index in [9.17, 15) is 19.8 Å². The Balaban J connectivity index is 3.01. The highest BCUT2D eigenvalue weighted by molar-refractivity contribution is 5.99. The molecular weight excluding hydrogens is 232 g/mol. The molecule has 4 nitrogen and oxygen atoms in total. The van der Waals surface area contributed by atoms with Gasteiger partial charge >= 0.3 is 11.9 Å². The van der Waals surface area contributed by atoms with Crippen LogP contribution in [0, 0.1) is 5.92 Å². The number of hydrogen-bond acceptors (Lipinski definition) is 2. The SMILES string of the molecule is CCCC/C(C(=O)O)=C(/C(=O)O)C1CCCCC1. The maximum atomic E-state index is 11.4. The number of hydrogen-bond donors (Lipinski definition) is 2. The van der Waals surface area contributed by atoms with E-state index >= 15 is 0 Å². The molecule has 1 fully saturated rings. The van der Waals surface area contributed by atoms with Gasteiger partial charge in [-0.25, -0.2) is 9.59 Å². The highest BCUT2D eigenvalue weighted by Gasteiger charge is 2.28. The van der Waals surface area contributed by atoms with Crippen LogP contribution in [0.3, 0.4) is 0 Å². The maximum Gasteiger partial charge on any atom is 0.332 e. The van der Waals surface area contributed by atoms with Gasteiger partial charge in [0.15, 0.2) is 0 Å². The number of carboxylic acids is 2. The highest BCUT2D eigenvalue weighted by Crippen LogP contribution is 2.32. The Labute approximate surface area is 108 Å². The van der Waals surface area contributed by atoms with E-state index in [2.05, 4.69) is 0 Å².